The number of pyridine rings is 1. The smallest absolute Gasteiger partial charge is 0.348 e. The maximum absolute atomic E-state index is 13.8. The minimum Gasteiger partial charge on any atom is -0.348 e. The van der Waals surface area contributed by atoms with Crippen molar-refractivity contribution in [2.45, 2.75) is 31.5 Å². The van der Waals surface area contributed by atoms with Gasteiger partial charge in [-0.2, -0.15) is 13.2 Å². The number of hydrogen-bond donors (Lipinski definition) is 1. The highest BCUT2D eigenvalue weighted by Crippen LogP contribution is 2.36. The van der Waals surface area contributed by atoms with Gasteiger partial charge < -0.3 is 4.98 Å². The number of alkyl halides is 3. The summed E-state index contributed by atoms with van der Waals surface area (Å²) in [6.07, 6.45) is -0.0767. The molecule has 4 heterocycles. The first-order valence-electron chi connectivity index (χ1n) is 9.55. The second-order valence-corrected chi connectivity index (χ2v) is 7.58. The van der Waals surface area contributed by atoms with E-state index in [2.05, 4.69) is 19.9 Å². The van der Waals surface area contributed by atoms with Crippen molar-refractivity contribution in [3.8, 4) is 0 Å². The number of nitrogens with one attached hydrogen (secondary N) is 1. The first kappa shape index (κ1) is 20.3. The van der Waals surface area contributed by atoms with E-state index in [0.29, 0.717) is 37.0 Å². The van der Waals surface area contributed by atoms with Gasteiger partial charge in [-0.3, -0.25) is 18.8 Å². The Labute approximate surface area is 169 Å². The summed E-state index contributed by atoms with van der Waals surface area (Å²) in [5.41, 5.74) is -2.72. The predicted molar refractivity (Wildman–Crippen MR) is 103 cm³/mol. The van der Waals surface area contributed by atoms with Gasteiger partial charge in [0.1, 0.15) is 11.5 Å². The summed E-state index contributed by atoms with van der Waals surface area (Å²) in [5, 5.41) is -0.578. The van der Waals surface area contributed by atoms with Crippen LogP contribution >= 0.6 is 0 Å². The fraction of sp³-hybridized carbons (Fsp3) is 0.474. The molecule has 0 spiro atoms. The number of aromatic nitrogens is 5. The number of imidazole rings is 1. The van der Waals surface area contributed by atoms with Gasteiger partial charge >= 0.3 is 11.9 Å². The molecule has 0 amide bonds. The lowest BCUT2D eigenvalue weighted by molar-refractivity contribution is -0.136. The van der Waals surface area contributed by atoms with E-state index in [1.807, 2.05) is 0 Å². The Morgan fingerprint density at radius 2 is 1.87 bits per heavy atom. The molecule has 3 aromatic heterocycles. The van der Waals surface area contributed by atoms with Gasteiger partial charge in [-0.1, -0.05) is 0 Å². The molecule has 4 rings (SSSR count). The third-order valence-corrected chi connectivity index (χ3v) is 5.67. The molecular weight excluding hydrogens is 401 g/mol. The average Bonchev–Trinajstić information content (AvgIpc) is 3.22. The van der Waals surface area contributed by atoms with Crippen LogP contribution in [0.25, 0.3) is 11.0 Å². The minimum absolute atomic E-state index is 0.192. The van der Waals surface area contributed by atoms with Crippen LogP contribution in [0.15, 0.2) is 28.0 Å². The van der Waals surface area contributed by atoms with Gasteiger partial charge in [0, 0.05) is 38.1 Å². The Morgan fingerprint density at radius 1 is 1.17 bits per heavy atom. The predicted octanol–water partition coefficient (Wildman–Crippen LogP) is 1.75. The lowest BCUT2D eigenvalue weighted by Crippen LogP contribution is -2.38. The van der Waals surface area contributed by atoms with Crippen molar-refractivity contribution in [1.82, 2.24) is 29.0 Å². The summed E-state index contributed by atoms with van der Waals surface area (Å²) in [6.45, 7) is 2.01. The van der Waals surface area contributed by atoms with E-state index in [-0.39, 0.29) is 17.3 Å². The molecule has 0 aliphatic carbocycles. The van der Waals surface area contributed by atoms with Crippen molar-refractivity contribution in [2.24, 2.45) is 14.1 Å². The molecule has 1 N–H and O–H groups in total. The Morgan fingerprint density at radius 3 is 2.47 bits per heavy atom. The largest absolute Gasteiger partial charge is 0.417 e. The van der Waals surface area contributed by atoms with Crippen LogP contribution in [0.3, 0.4) is 0 Å². The van der Waals surface area contributed by atoms with Gasteiger partial charge in [-0.05, 0) is 32.0 Å². The van der Waals surface area contributed by atoms with Gasteiger partial charge in [0.05, 0.1) is 17.5 Å². The van der Waals surface area contributed by atoms with Crippen LogP contribution in [0.1, 0.15) is 35.8 Å². The molecule has 0 saturated carbocycles. The normalized spacial score (nSPS) is 16.4. The van der Waals surface area contributed by atoms with Crippen molar-refractivity contribution >= 4 is 11.0 Å². The highest BCUT2D eigenvalue weighted by molar-refractivity contribution is 5.79. The molecule has 1 aliphatic heterocycles. The van der Waals surface area contributed by atoms with E-state index in [9.17, 15) is 22.8 Å². The van der Waals surface area contributed by atoms with Crippen LogP contribution in [-0.2, 0) is 26.8 Å². The van der Waals surface area contributed by atoms with Gasteiger partial charge in [-0.15, -0.1) is 0 Å². The summed E-state index contributed by atoms with van der Waals surface area (Å²) in [7, 11) is 2.49. The van der Waals surface area contributed by atoms with Crippen molar-refractivity contribution in [2.75, 3.05) is 13.1 Å². The number of likely N-dealkylation sites (tertiary alicyclic amines) is 1. The maximum atomic E-state index is 13.8. The first-order chi connectivity index (χ1) is 14.2. The Balaban J connectivity index is 1.72. The Hall–Kier alpha value is -2.95. The van der Waals surface area contributed by atoms with Crippen molar-refractivity contribution in [3.63, 3.8) is 0 Å². The standard InChI is InChI=1S/C19H21F3N6O2/c1-26-16-15(17(29)27(2)18(26)30)12(19(20,21)22)9-13(25-16)11-3-7-28(8-4-11)10-14-23-5-6-24-14/h5-6,9,11H,3-4,7-8,10H2,1-2H3,(H,23,24). The summed E-state index contributed by atoms with van der Waals surface area (Å²) in [6, 6.07) is 0.973. The number of aryl methyl sites for hydroxylation is 1. The highest BCUT2D eigenvalue weighted by Gasteiger charge is 2.37. The topological polar surface area (TPSA) is 88.8 Å². The SMILES string of the molecule is Cn1c(=O)c2c(C(F)(F)F)cc(C3CCN(Cc4ncc[nH]4)CC3)nc2n(C)c1=O. The number of rotatable bonds is 3. The van der Waals surface area contributed by atoms with Crippen molar-refractivity contribution in [3.05, 3.63) is 56.4 Å². The quantitative estimate of drug-likeness (QED) is 0.695. The van der Waals surface area contributed by atoms with E-state index < -0.39 is 28.4 Å². The van der Waals surface area contributed by atoms with Crippen LogP contribution in [0, 0.1) is 0 Å². The number of halogens is 3. The number of piperidine rings is 1. The lowest BCUT2D eigenvalue weighted by Gasteiger charge is -2.31. The minimum atomic E-state index is -4.74. The Bertz CT molecular complexity index is 1190. The highest BCUT2D eigenvalue weighted by atomic mass is 19.4. The van der Waals surface area contributed by atoms with E-state index in [0.717, 1.165) is 23.5 Å². The zero-order chi connectivity index (χ0) is 21.6. The fourth-order valence-corrected chi connectivity index (χ4v) is 3.99. The van der Waals surface area contributed by atoms with Gasteiger partial charge in [0.25, 0.3) is 5.56 Å². The zero-order valence-corrected chi connectivity index (χ0v) is 16.5. The summed E-state index contributed by atoms with van der Waals surface area (Å²) in [4.78, 5) is 38.4. The molecular formula is C19H21F3N6O2. The number of nitrogens with zero attached hydrogens (tertiary/aromatic N) is 5. The molecule has 1 fully saturated rings. The molecule has 160 valence electrons. The summed E-state index contributed by atoms with van der Waals surface area (Å²) in [5.74, 6) is 0.644. The number of H-pyrrole nitrogens is 1. The second kappa shape index (κ2) is 7.38. The van der Waals surface area contributed by atoms with Gasteiger partial charge in [0.2, 0.25) is 0 Å². The van der Waals surface area contributed by atoms with Gasteiger partial charge in [0.15, 0.2) is 0 Å². The molecule has 1 saturated heterocycles. The van der Waals surface area contributed by atoms with Crippen molar-refractivity contribution < 1.29 is 13.2 Å². The summed E-state index contributed by atoms with van der Waals surface area (Å²) < 4.78 is 43.1. The summed E-state index contributed by atoms with van der Waals surface area (Å²) >= 11 is 0. The van der Waals surface area contributed by atoms with Crippen LogP contribution in [0.4, 0.5) is 13.2 Å². The Kier molecular flexibility index (Phi) is 5.00. The second-order valence-electron chi connectivity index (χ2n) is 7.58. The average molecular weight is 422 g/mol. The molecule has 0 atom stereocenters. The molecule has 0 unspecified atom stereocenters. The monoisotopic (exact) mass is 422 g/mol. The van der Waals surface area contributed by atoms with Crippen molar-refractivity contribution in [1.29, 1.82) is 0 Å². The zero-order valence-electron chi connectivity index (χ0n) is 16.5. The van der Waals surface area contributed by atoms with Gasteiger partial charge in [-0.25, -0.2) is 14.8 Å². The van der Waals surface area contributed by atoms with Crippen LogP contribution < -0.4 is 11.2 Å². The molecule has 30 heavy (non-hydrogen) atoms. The van der Waals surface area contributed by atoms with E-state index in [4.69, 9.17) is 0 Å². The van der Waals surface area contributed by atoms with Crippen LogP contribution in [0.5, 0.6) is 0 Å². The lowest BCUT2D eigenvalue weighted by atomic mass is 9.91. The molecule has 0 radical (unpaired) electrons. The van der Waals surface area contributed by atoms with Crippen LogP contribution in [0.2, 0.25) is 0 Å². The first-order valence-corrected chi connectivity index (χ1v) is 9.55. The number of hydrogen-bond acceptors (Lipinski definition) is 5. The maximum Gasteiger partial charge on any atom is 0.417 e. The molecule has 3 aromatic rings. The fourth-order valence-electron chi connectivity index (χ4n) is 3.99. The molecule has 11 heteroatoms. The molecule has 0 aromatic carbocycles. The molecule has 1 aliphatic rings. The van der Waals surface area contributed by atoms with E-state index >= 15 is 0 Å². The number of fused-ring (bicyclic) bond motifs is 1. The van der Waals surface area contributed by atoms with E-state index in [1.54, 1.807) is 12.4 Å². The molecule has 0 bridgehead atoms. The third-order valence-electron chi connectivity index (χ3n) is 5.67. The third kappa shape index (κ3) is 3.53. The number of aromatic amines is 1. The molecule has 8 nitrogen and oxygen atoms in total. The van der Waals surface area contributed by atoms with E-state index in [1.165, 1.54) is 7.05 Å². The van der Waals surface area contributed by atoms with Crippen LogP contribution in [-0.4, -0.2) is 42.1 Å².